The number of hydrogen-bond donors (Lipinski definition) is 1. The summed E-state index contributed by atoms with van der Waals surface area (Å²) in [7, 11) is 0. The molecule has 0 saturated carbocycles. The fraction of sp³-hybridized carbons (Fsp3) is 0.214. The lowest BCUT2D eigenvalue weighted by atomic mass is 10.0. The second kappa shape index (κ2) is 5.59. The van der Waals surface area contributed by atoms with Crippen molar-refractivity contribution < 1.29 is 4.39 Å². The predicted octanol–water partition coefficient (Wildman–Crippen LogP) is 3.53. The second-order valence-corrected chi connectivity index (χ2v) is 5.02. The normalized spacial score (nSPS) is 12.4. The maximum absolute atomic E-state index is 13.4. The Morgan fingerprint density at radius 3 is 2.83 bits per heavy atom. The van der Waals surface area contributed by atoms with Crippen molar-refractivity contribution in [1.82, 2.24) is 4.98 Å². The first-order chi connectivity index (χ1) is 8.59. The van der Waals surface area contributed by atoms with E-state index in [-0.39, 0.29) is 11.9 Å². The van der Waals surface area contributed by atoms with Crippen LogP contribution >= 0.6 is 15.9 Å². The summed E-state index contributed by atoms with van der Waals surface area (Å²) >= 11 is 3.25. The van der Waals surface area contributed by atoms with Gasteiger partial charge in [0.2, 0.25) is 0 Å². The zero-order valence-corrected chi connectivity index (χ0v) is 11.6. The van der Waals surface area contributed by atoms with Gasteiger partial charge in [-0.2, -0.15) is 0 Å². The molecule has 0 saturated heterocycles. The molecule has 0 aliphatic rings. The summed E-state index contributed by atoms with van der Waals surface area (Å²) in [6.07, 6.45) is 2.28. The maximum Gasteiger partial charge on any atom is 0.137 e. The first kappa shape index (κ1) is 13.2. The molecule has 0 spiro atoms. The fourth-order valence-corrected chi connectivity index (χ4v) is 2.35. The Balaban J connectivity index is 2.24. The third kappa shape index (κ3) is 2.76. The molecule has 1 aromatic heterocycles. The van der Waals surface area contributed by atoms with Crippen LogP contribution in [-0.4, -0.2) is 4.98 Å². The summed E-state index contributed by atoms with van der Waals surface area (Å²) in [5.74, 6) is -0.266. The Morgan fingerprint density at radius 1 is 1.33 bits per heavy atom. The number of rotatable bonds is 3. The van der Waals surface area contributed by atoms with Crippen LogP contribution < -0.4 is 5.73 Å². The molecule has 2 nitrogen and oxygen atoms in total. The number of nitrogens with zero attached hydrogens (tertiary/aromatic N) is 1. The van der Waals surface area contributed by atoms with E-state index in [1.807, 2.05) is 25.1 Å². The number of aromatic nitrogens is 1. The lowest BCUT2D eigenvalue weighted by Gasteiger charge is -2.14. The van der Waals surface area contributed by atoms with Crippen LogP contribution in [0.3, 0.4) is 0 Å². The molecule has 0 aliphatic carbocycles. The molecular formula is C14H14BrFN2. The highest BCUT2D eigenvalue weighted by molar-refractivity contribution is 9.10. The molecule has 0 bridgehead atoms. The van der Waals surface area contributed by atoms with E-state index < -0.39 is 0 Å². The number of halogens is 2. The molecule has 0 aliphatic heterocycles. The van der Waals surface area contributed by atoms with E-state index in [9.17, 15) is 4.39 Å². The van der Waals surface area contributed by atoms with Gasteiger partial charge < -0.3 is 5.73 Å². The first-order valence-corrected chi connectivity index (χ1v) is 6.49. The van der Waals surface area contributed by atoms with Crippen molar-refractivity contribution in [2.75, 3.05) is 0 Å². The molecule has 0 radical (unpaired) electrons. The van der Waals surface area contributed by atoms with E-state index in [2.05, 4.69) is 20.9 Å². The van der Waals surface area contributed by atoms with Gasteiger partial charge in [-0.1, -0.05) is 18.2 Å². The molecule has 0 amide bonds. The molecule has 1 heterocycles. The molecule has 0 fully saturated rings. The predicted molar refractivity (Wildman–Crippen MR) is 73.7 cm³/mol. The largest absolute Gasteiger partial charge is 0.322 e. The van der Waals surface area contributed by atoms with Crippen molar-refractivity contribution in [1.29, 1.82) is 0 Å². The van der Waals surface area contributed by atoms with Gasteiger partial charge in [-0.15, -0.1) is 0 Å². The van der Waals surface area contributed by atoms with Crippen LogP contribution in [-0.2, 0) is 6.42 Å². The monoisotopic (exact) mass is 308 g/mol. The van der Waals surface area contributed by atoms with Gasteiger partial charge in [0.15, 0.2) is 0 Å². The molecule has 2 N–H and O–H groups in total. The molecular weight excluding hydrogens is 295 g/mol. The van der Waals surface area contributed by atoms with Gasteiger partial charge in [-0.3, -0.25) is 4.98 Å². The third-order valence-electron chi connectivity index (χ3n) is 2.87. The van der Waals surface area contributed by atoms with E-state index in [4.69, 9.17) is 5.73 Å². The van der Waals surface area contributed by atoms with Crippen LogP contribution in [0.1, 0.15) is 22.9 Å². The Kier molecular flexibility index (Phi) is 4.09. The van der Waals surface area contributed by atoms with Crippen molar-refractivity contribution >= 4 is 15.9 Å². The van der Waals surface area contributed by atoms with Crippen molar-refractivity contribution in [3.8, 4) is 0 Å². The van der Waals surface area contributed by atoms with Crippen molar-refractivity contribution in [3.05, 3.63) is 63.6 Å². The molecule has 1 unspecified atom stereocenters. The molecule has 4 heteroatoms. The van der Waals surface area contributed by atoms with Crippen molar-refractivity contribution in [2.24, 2.45) is 5.73 Å². The number of hydrogen-bond acceptors (Lipinski definition) is 2. The lowest BCUT2D eigenvalue weighted by molar-refractivity contribution is 0.612. The summed E-state index contributed by atoms with van der Waals surface area (Å²) in [6, 6.07) is 8.60. The van der Waals surface area contributed by atoms with E-state index in [0.717, 1.165) is 16.8 Å². The van der Waals surface area contributed by atoms with Gasteiger partial charge in [0.1, 0.15) is 5.82 Å². The molecule has 1 aromatic carbocycles. The average Bonchev–Trinajstić information content (AvgIpc) is 2.35. The summed E-state index contributed by atoms with van der Waals surface area (Å²) in [6.45, 7) is 1.98. The zero-order chi connectivity index (χ0) is 13.1. The van der Waals surface area contributed by atoms with Crippen molar-refractivity contribution in [3.63, 3.8) is 0 Å². The van der Waals surface area contributed by atoms with Crippen molar-refractivity contribution in [2.45, 2.75) is 19.4 Å². The lowest BCUT2D eigenvalue weighted by Crippen LogP contribution is -2.16. The highest BCUT2D eigenvalue weighted by Gasteiger charge is 2.14. The summed E-state index contributed by atoms with van der Waals surface area (Å²) in [5.41, 5.74) is 8.90. The van der Waals surface area contributed by atoms with E-state index in [1.54, 1.807) is 12.3 Å². The SMILES string of the molecule is Cc1cccnc1C(N)Cc1cccc(F)c1Br. The summed E-state index contributed by atoms with van der Waals surface area (Å²) < 4.78 is 13.9. The van der Waals surface area contributed by atoms with Crippen LogP contribution in [0.5, 0.6) is 0 Å². The number of benzene rings is 1. The minimum Gasteiger partial charge on any atom is -0.322 e. The van der Waals surface area contributed by atoms with E-state index in [1.165, 1.54) is 6.07 Å². The zero-order valence-electron chi connectivity index (χ0n) is 10.0. The molecule has 94 valence electrons. The van der Waals surface area contributed by atoms with E-state index >= 15 is 0 Å². The van der Waals surface area contributed by atoms with Crippen LogP contribution in [0.4, 0.5) is 4.39 Å². The van der Waals surface area contributed by atoms with Crippen LogP contribution in [0.25, 0.3) is 0 Å². The minimum absolute atomic E-state index is 0.232. The van der Waals surface area contributed by atoms with Gasteiger partial charge in [-0.05, 0) is 52.5 Å². The fourth-order valence-electron chi connectivity index (χ4n) is 1.93. The van der Waals surface area contributed by atoms with E-state index in [0.29, 0.717) is 10.9 Å². The topological polar surface area (TPSA) is 38.9 Å². The number of nitrogens with two attached hydrogens (primary N) is 1. The smallest absolute Gasteiger partial charge is 0.137 e. The highest BCUT2D eigenvalue weighted by Crippen LogP contribution is 2.25. The minimum atomic E-state index is -0.266. The molecule has 1 atom stereocenters. The van der Waals surface area contributed by atoms with Gasteiger partial charge in [-0.25, -0.2) is 4.39 Å². The third-order valence-corrected chi connectivity index (χ3v) is 3.76. The second-order valence-electron chi connectivity index (χ2n) is 4.23. The maximum atomic E-state index is 13.4. The van der Waals surface area contributed by atoms with Crippen LogP contribution in [0, 0.1) is 12.7 Å². The summed E-state index contributed by atoms with van der Waals surface area (Å²) in [5, 5.41) is 0. The molecule has 18 heavy (non-hydrogen) atoms. The average molecular weight is 309 g/mol. The summed E-state index contributed by atoms with van der Waals surface area (Å²) in [4.78, 5) is 4.29. The van der Waals surface area contributed by atoms with Gasteiger partial charge in [0.05, 0.1) is 16.2 Å². The standard InChI is InChI=1S/C14H14BrFN2/c1-9-4-3-7-18-14(9)12(17)8-10-5-2-6-11(16)13(10)15/h2-7,12H,8,17H2,1H3. The van der Waals surface area contributed by atoms with Gasteiger partial charge >= 0.3 is 0 Å². The Bertz CT molecular complexity index is 557. The molecule has 2 aromatic rings. The number of aryl methyl sites for hydroxylation is 1. The Hall–Kier alpha value is -1.26. The van der Waals surface area contributed by atoms with Crippen LogP contribution in [0.2, 0.25) is 0 Å². The van der Waals surface area contributed by atoms with Crippen LogP contribution in [0.15, 0.2) is 41.0 Å². The first-order valence-electron chi connectivity index (χ1n) is 5.69. The van der Waals surface area contributed by atoms with Gasteiger partial charge in [0, 0.05) is 6.20 Å². The highest BCUT2D eigenvalue weighted by atomic mass is 79.9. The molecule has 2 rings (SSSR count). The Labute approximate surface area is 114 Å². The number of pyridine rings is 1. The quantitative estimate of drug-likeness (QED) is 0.942. The Morgan fingerprint density at radius 2 is 2.11 bits per heavy atom. The van der Waals surface area contributed by atoms with Gasteiger partial charge in [0.25, 0.3) is 0 Å².